The molecule has 0 bridgehead atoms. The second kappa shape index (κ2) is 3.81. The number of hydrogen-bond acceptors (Lipinski definition) is 2. The monoisotopic (exact) mass is 232 g/mol. The van der Waals surface area contributed by atoms with Gasteiger partial charge in [-0.15, -0.1) is 0 Å². The zero-order chi connectivity index (χ0) is 12.5. The summed E-state index contributed by atoms with van der Waals surface area (Å²) in [6, 6.07) is 1.96. The zero-order valence-corrected chi connectivity index (χ0v) is 7.60. The average Bonchev–Trinajstić information content (AvgIpc) is 2.14. The van der Waals surface area contributed by atoms with E-state index in [1.165, 1.54) is 6.07 Å². The Kier molecular flexibility index (Phi) is 2.85. The van der Waals surface area contributed by atoms with Crippen molar-refractivity contribution < 1.29 is 22.4 Å². The molecule has 7 heteroatoms. The summed E-state index contributed by atoms with van der Waals surface area (Å²) in [6.45, 7) is 0. The lowest BCUT2D eigenvalue weighted by Crippen LogP contribution is -2.17. The van der Waals surface area contributed by atoms with Crippen LogP contribution in [0.15, 0.2) is 12.1 Å². The van der Waals surface area contributed by atoms with Crippen LogP contribution in [0.1, 0.15) is 21.5 Å². The summed E-state index contributed by atoms with van der Waals surface area (Å²) in [7, 11) is 0. The van der Waals surface area contributed by atoms with Crippen LogP contribution in [0.5, 0.6) is 0 Å². The molecule has 0 aromatic heterocycles. The maximum atomic E-state index is 13.0. The lowest BCUT2D eigenvalue weighted by molar-refractivity contribution is -0.140. The smallest absolute Gasteiger partial charge is 0.366 e. The summed E-state index contributed by atoms with van der Waals surface area (Å²) in [4.78, 5) is 10.8. The molecule has 1 aromatic rings. The topological polar surface area (TPSA) is 66.9 Å². The minimum absolute atomic E-state index is 0.232. The molecule has 0 atom stereocenters. The van der Waals surface area contributed by atoms with Gasteiger partial charge < -0.3 is 5.73 Å². The molecule has 1 aromatic carbocycles. The molecule has 2 N–H and O–H groups in total. The number of carbonyl (C=O) groups excluding carboxylic acids is 1. The molecule has 84 valence electrons. The Hall–Kier alpha value is -2.10. The van der Waals surface area contributed by atoms with Crippen LogP contribution in [0.2, 0.25) is 0 Å². The van der Waals surface area contributed by atoms with Crippen molar-refractivity contribution in [3.05, 3.63) is 34.6 Å². The van der Waals surface area contributed by atoms with Gasteiger partial charge in [-0.2, -0.15) is 18.4 Å². The first-order chi connectivity index (χ1) is 7.27. The van der Waals surface area contributed by atoms with E-state index in [-0.39, 0.29) is 6.07 Å². The molecule has 0 radical (unpaired) electrons. The molecule has 0 spiro atoms. The van der Waals surface area contributed by atoms with Crippen molar-refractivity contribution in [1.29, 1.82) is 5.26 Å². The Bertz CT molecular complexity index is 488. The van der Waals surface area contributed by atoms with Gasteiger partial charge in [-0.05, 0) is 12.1 Å². The second-order valence-corrected chi connectivity index (χ2v) is 2.85. The van der Waals surface area contributed by atoms with Crippen LogP contribution in [-0.2, 0) is 6.18 Å². The normalized spacial score (nSPS) is 10.9. The van der Waals surface area contributed by atoms with Crippen LogP contribution in [0.4, 0.5) is 17.6 Å². The van der Waals surface area contributed by atoms with Gasteiger partial charge in [-0.3, -0.25) is 4.79 Å². The molecule has 0 heterocycles. The van der Waals surface area contributed by atoms with Gasteiger partial charge in [0.05, 0.1) is 16.7 Å². The third-order valence-corrected chi connectivity index (χ3v) is 1.80. The van der Waals surface area contributed by atoms with E-state index in [4.69, 9.17) is 11.0 Å². The van der Waals surface area contributed by atoms with Gasteiger partial charge in [0.2, 0.25) is 5.91 Å². The number of hydrogen-bond donors (Lipinski definition) is 1. The summed E-state index contributed by atoms with van der Waals surface area (Å²) in [5.41, 5.74) is 1.96. The molecule has 0 saturated heterocycles. The average molecular weight is 232 g/mol. The van der Waals surface area contributed by atoms with Gasteiger partial charge in [-0.25, -0.2) is 4.39 Å². The summed E-state index contributed by atoms with van der Waals surface area (Å²) in [5.74, 6) is -2.84. The van der Waals surface area contributed by atoms with Crippen LogP contribution < -0.4 is 5.73 Å². The Balaban J connectivity index is 3.53. The molecule has 1 amide bonds. The van der Waals surface area contributed by atoms with Gasteiger partial charge in [0.15, 0.2) is 0 Å². The van der Waals surface area contributed by atoms with Crippen molar-refractivity contribution >= 4 is 5.91 Å². The lowest BCUT2D eigenvalue weighted by Gasteiger charge is -2.09. The predicted molar refractivity (Wildman–Crippen MR) is 44.6 cm³/mol. The van der Waals surface area contributed by atoms with Gasteiger partial charge in [-0.1, -0.05) is 0 Å². The molecule has 0 unspecified atom stereocenters. The summed E-state index contributed by atoms with van der Waals surface area (Å²) in [6.07, 6.45) is -4.94. The quantitative estimate of drug-likeness (QED) is 0.750. The first-order valence-electron chi connectivity index (χ1n) is 3.88. The van der Waals surface area contributed by atoms with Crippen molar-refractivity contribution in [2.24, 2.45) is 5.73 Å². The number of rotatable bonds is 1. The SMILES string of the molecule is N#Cc1cc(F)c(C(F)(F)F)cc1C(N)=O. The van der Waals surface area contributed by atoms with Gasteiger partial charge >= 0.3 is 6.18 Å². The van der Waals surface area contributed by atoms with Crippen molar-refractivity contribution in [3.8, 4) is 6.07 Å². The van der Waals surface area contributed by atoms with E-state index in [2.05, 4.69) is 0 Å². The van der Waals surface area contributed by atoms with Gasteiger partial charge in [0, 0.05) is 0 Å². The number of nitrogens with two attached hydrogens (primary N) is 1. The first kappa shape index (κ1) is 12.0. The molecule has 0 aliphatic heterocycles. The highest BCUT2D eigenvalue weighted by Crippen LogP contribution is 2.32. The fraction of sp³-hybridized carbons (Fsp3) is 0.111. The van der Waals surface area contributed by atoms with E-state index in [9.17, 15) is 22.4 Å². The number of amides is 1. The van der Waals surface area contributed by atoms with E-state index < -0.39 is 34.6 Å². The Morgan fingerprint density at radius 2 is 1.94 bits per heavy atom. The Morgan fingerprint density at radius 1 is 1.38 bits per heavy atom. The predicted octanol–water partition coefficient (Wildman–Crippen LogP) is 1.82. The number of halogens is 4. The van der Waals surface area contributed by atoms with Crippen molar-refractivity contribution in [3.63, 3.8) is 0 Å². The minimum Gasteiger partial charge on any atom is -0.366 e. The van der Waals surface area contributed by atoms with Crippen LogP contribution in [0.25, 0.3) is 0 Å². The van der Waals surface area contributed by atoms with Crippen LogP contribution >= 0.6 is 0 Å². The highest BCUT2D eigenvalue weighted by atomic mass is 19.4. The summed E-state index contributed by atoms with van der Waals surface area (Å²) < 4.78 is 49.7. The van der Waals surface area contributed by atoms with E-state index in [0.29, 0.717) is 6.07 Å². The highest BCUT2D eigenvalue weighted by molar-refractivity contribution is 5.95. The van der Waals surface area contributed by atoms with E-state index in [1.54, 1.807) is 0 Å². The molecule has 1 rings (SSSR count). The molecule has 0 saturated carbocycles. The highest BCUT2D eigenvalue weighted by Gasteiger charge is 2.35. The maximum absolute atomic E-state index is 13.0. The summed E-state index contributed by atoms with van der Waals surface area (Å²) >= 11 is 0. The number of benzene rings is 1. The first-order valence-corrected chi connectivity index (χ1v) is 3.88. The second-order valence-electron chi connectivity index (χ2n) is 2.85. The van der Waals surface area contributed by atoms with Crippen LogP contribution in [-0.4, -0.2) is 5.91 Å². The van der Waals surface area contributed by atoms with Crippen molar-refractivity contribution in [1.82, 2.24) is 0 Å². The molecule has 0 aliphatic rings. The molecular weight excluding hydrogens is 228 g/mol. The van der Waals surface area contributed by atoms with Crippen LogP contribution in [0.3, 0.4) is 0 Å². The molecular formula is C9H4F4N2O. The number of nitriles is 1. The number of alkyl halides is 3. The number of primary amides is 1. The minimum atomic E-state index is -4.94. The zero-order valence-electron chi connectivity index (χ0n) is 7.60. The van der Waals surface area contributed by atoms with Crippen LogP contribution in [0, 0.1) is 17.1 Å². The van der Waals surface area contributed by atoms with Gasteiger partial charge in [0.25, 0.3) is 0 Å². The van der Waals surface area contributed by atoms with E-state index >= 15 is 0 Å². The standard InChI is InChI=1S/C9H4F4N2O/c10-7-1-4(3-14)5(8(15)16)2-6(7)9(11,12)13/h1-2H,(H2,15,16). The Morgan fingerprint density at radius 3 is 2.31 bits per heavy atom. The third kappa shape index (κ3) is 2.11. The third-order valence-electron chi connectivity index (χ3n) is 1.80. The maximum Gasteiger partial charge on any atom is 0.419 e. The fourth-order valence-electron chi connectivity index (χ4n) is 1.09. The van der Waals surface area contributed by atoms with Crippen molar-refractivity contribution in [2.75, 3.05) is 0 Å². The summed E-state index contributed by atoms with van der Waals surface area (Å²) in [5, 5.41) is 8.48. The van der Waals surface area contributed by atoms with Crippen molar-refractivity contribution in [2.45, 2.75) is 6.18 Å². The fourth-order valence-corrected chi connectivity index (χ4v) is 1.09. The molecule has 0 fully saturated rings. The van der Waals surface area contributed by atoms with E-state index in [1.807, 2.05) is 0 Å². The largest absolute Gasteiger partial charge is 0.419 e. The molecule has 3 nitrogen and oxygen atoms in total. The lowest BCUT2D eigenvalue weighted by atomic mass is 10.0. The van der Waals surface area contributed by atoms with Gasteiger partial charge in [0.1, 0.15) is 11.9 Å². The van der Waals surface area contributed by atoms with E-state index in [0.717, 1.165) is 0 Å². The number of carbonyl (C=O) groups is 1. The molecule has 16 heavy (non-hydrogen) atoms. The molecule has 0 aliphatic carbocycles. The number of nitrogens with zero attached hydrogens (tertiary/aromatic N) is 1. The Labute approximate surface area is 87.1 Å².